The third kappa shape index (κ3) is 9.14. The number of hydrogen-bond acceptors (Lipinski definition) is 11. The maximum atomic E-state index is 12.6. The molecule has 0 saturated carbocycles. The SMILES string of the molecule is CCCN1C[C@H](COS(=O)(=O)c2ccc(C)cc2)O[C@@H]2Cc3c(cccc3OC)C[C@H]21.CCCN1C[C@H](Cn2cncn2)O[C@@H]2Cc3c(cccc3OC)C[C@H]21. The zero-order valence-corrected chi connectivity index (χ0v) is 34.2. The molecular weight excluding hydrogens is 731 g/mol. The average Bonchev–Trinajstić information content (AvgIpc) is 3.72. The van der Waals surface area contributed by atoms with Gasteiger partial charge in [-0.3, -0.25) is 18.7 Å². The average molecular weight is 788 g/mol. The minimum absolute atomic E-state index is 0.0123. The maximum absolute atomic E-state index is 12.6. The van der Waals surface area contributed by atoms with Crippen LogP contribution < -0.4 is 9.47 Å². The van der Waals surface area contributed by atoms with Crippen LogP contribution >= 0.6 is 0 Å². The summed E-state index contributed by atoms with van der Waals surface area (Å²) in [5.74, 6) is 1.88. The Morgan fingerprint density at radius 3 is 1.82 bits per heavy atom. The molecule has 3 heterocycles. The number of fused-ring (bicyclic) bond motifs is 4. The van der Waals surface area contributed by atoms with Gasteiger partial charge in [0.2, 0.25) is 0 Å². The quantitative estimate of drug-likeness (QED) is 0.175. The van der Waals surface area contributed by atoms with E-state index in [2.05, 4.69) is 58.0 Å². The Hall–Kier alpha value is -3.85. The van der Waals surface area contributed by atoms with E-state index in [1.165, 1.54) is 22.3 Å². The number of aromatic nitrogens is 3. The normalized spacial score (nSPS) is 24.8. The number of aryl methyl sites for hydroxylation is 1. The summed E-state index contributed by atoms with van der Waals surface area (Å²) in [7, 11) is -0.369. The second-order valence-corrected chi connectivity index (χ2v) is 17.0. The van der Waals surface area contributed by atoms with Gasteiger partial charge >= 0.3 is 0 Å². The Labute approximate surface area is 332 Å². The first-order valence-electron chi connectivity index (χ1n) is 20.1. The van der Waals surface area contributed by atoms with Crippen molar-refractivity contribution >= 4 is 10.1 Å². The van der Waals surface area contributed by atoms with Crippen LogP contribution in [0.3, 0.4) is 0 Å². The van der Waals surface area contributed by atoms with E-state index < -0.39 is 10.1 Å². The summed E-state index contributed by atoms with van der Waals surface area (Å²) < 4.78 is 56.6. The third-order valence-electron chi connectivity index (χ3n) is 11.6. The highest BCUT2D eigenvalue weighted by molar-refractivity contribution is 7.86. The van der Waals surface area contributed by atoms with Gasteiger partial charge in [-0.1, -0.05) is 55.8 Å². The molecule has 1 aromatic heterocycles. The Morgan fingerprint density at radius 2 is 1.30 bits per heavy atom. The minimum Gasteiger partial charge on any atom is -0.496 e. The molecule has 2 saturated heterocycles. The summed E-state index contributed by atoms with van der Waals surface area (Å²) in [6.45, 7) is 10.8. The van der Waals surface area contributed by atoms with Crippen molar-refractivity contribution in [2.75, 3.05) is 47.0 Å². The zero-order chi connectivity index (χ0) is 39.2. The minimum atomic E-state index is -3.81. The maximum Gasteiger partial charge on any atom is 0.297 e. The molecule has 4 aromatic rings. The van der Waals surface area contributed by atoms with Gasteiger partial charge in [0, 0.05) is 38.0 Å². The largest absolute Gasteiger partial charge is 0.496 e. The Kier molecular flexibility index (Phi) is 13.1. The van der Waals surface area contributed by atoms with Crippen LogP contribution in [-0.2, 0) is 56.0 Å². The molecule has 6 atom stereocenters. The van der Waals surface area contributed by atoms with E-state index in [1.54, 1.807) is 51.1 Å². The third-order valence-corrected chi connectivity index (χ3v) is 12.9. The molecule has 8 rings (SSSR count). The van der Waals surface area contributed by atoms with Gasteiger partial charge in [-0.05, 0) is 92.2 Å². The van der Waals surface area contributed by atoms with Crippen LogP contribution in [0.4, 0.5) is 0 Å². The van der Waals surface area contributed by atoms with Crippen molar-refractivity contribution in [2.24, 2.45) is 0 Å². The molecule has 302 valence electrons. The van der Waals surface area contributed by atoms with Crippen molar-refractivity contribution < 1.29 is 31.5 Å². The van der Waals surface area contributed by atoms with E-state index >= 15 is 0 Å². The summed E-state index contributed by atoms with van der Waals surface area (Å²) in [4.78, 5) is 9.26. The van der Waals surface area contributed by atoms with Crippen LogP contribution in [0.5, 0.6) is 11.5 Å². The fraction of sp³-hybridized carbons (Fsp3) is 0.535. The van der Waals surface area contributed by atoms with E-state index in [-0.39, 0.29) is 42.0 Å². The topological polar surface area (TPSA) is 117 Å². The first-order valence-corrected chi connectivity index (χ1v) is 21.5. The molecule has 0 unspecified atom stereocenters. The lowest BCUT2D eigenvalue weighted by molar-refractivity contribution is -0.132. The number of nitrogens with zero attached hydrogens (tertiary/aromatic N) is 5. The van der Waals surface area contributed by atoms with Crippen LogP contribution in [0.2, 0.25) is 0 Å². The van der Waals surface area contributed by atoms with Crippen molar-refractivity contribution in [3.63, 3.8) is 0 Å². The summed E-state index contributed by atoms with van der Waals surface area (Å²) in [5, 5.41) is 4.24. The number of hydrogen-bond donors (Lipinski definition) is 0. The van der Waals surface area contributed by atoms with Crippen LogP contribution in [0.25, 0.3) is 0 Å². The van der Waals surface area contributed by atoms with Gasteiger partial charge in [0.05, 0.1) is 56.7 Å². The molecule has 13 heteroatoms. The molecule has 4 aliphatic rings. The zero-order valence-electron chi connectivity index (χ0n) is 33.4. The van der Waals surface area contributed by atoms with E-state index in [0.717, 1.165) is 81.8 Å². The predicted molar refractivity (Wildman–Crippen MR) is 214 cm³/mol. The van der Waals surface area contributed by atoms with Gasteiger partial charge in [0.15, 0.2) is 0 Å². The van der Waals surface area contributed by atoms with Crippen LogP contribution in [0, 0.1) is 6.92 Å². The number of benzene rings is 3. The summed E-state index contributed by atoms with van der Waals surface area (Å²) in [6, 6.07) is 20.0. The van der Waals surface area contributed by atoms with Crippen LogP contribution in [0.15, 0.2) is 78.2 Å². The number of methoxy groups -OCH3 is 2. The lowest BCUT2D eigenvalue weighted by Gasteiger charge is -2.47. The van der Waals surface area contributed by atoms with Crippen LogP contribution in [0.1, 0.15) is 54.5 Å². The van der Waals surface area contributed by atoms with Gasteiger partial charge in [0.25, 0.3) is 10.1 Å². The molecule has 56 heavy (non-hydrogen) atoms. The predicted octanol–water partition coefficient (Wildman–Crippen LogP) is 5.29. The van der Waals surface area contributed by atoms with Gasteiger partial charge in [-0.15, -0.1) is 0 Å². The van der Waals surface area contributed by atoms with Crippen molar-refractivity contribution in [1.29, 1.82) is 0 Å². The molecule has 0 radical (unpaired) electrons. The second-order valence-electron chi connectivity index (χ2n) is 15.4. The molecule has 0 amide bonds. The van der Waals surface area contributed by atoms with E-state index in [1.807, 2.05) is 23.7 Å². The fourth-order valence-electron chi connectivity index (χ4n) is 8.97. The first-order chi connectivity index (χ1) is 27.2. The Morgan fingerprint density at radius 1 is 0.750 bits per heavy atom. The molecular formula is C43H57N5O7S. The summed E-state index contributed by atoms with van der Waals surface area (Å²) >= 11 is 0. The molecule has 0 spiro atoms. The smallest absolute Gasteiger partial charge is 0.297 e. The molecule has 2 fully saturated rings. The number of rotatable bonds is 12. The summed E-state index contributed by atoms with van der Waals surface area (Å²) in [5.41, 5.74) is 6.21. The molecule has 2 aliphatic heterocycles. The highest BCUT2D eigenvalue weighted by atomic mass is 32.2. The fourth-order valence-corrected chi connectivity index (χ4v) is 9.91. The highest BCUT2D eigenvalue weighted by Crippen LogP contribution is 2.37. The van der Waals surface area contributed by atoms with E-state index in [0.29, 0.717) is 12.6 Å². The molecule has 3 aromatic carbocycles. The second kappa shape index (κ2) is 18.2. The van der Waals surface area contributed by atoms with Crippen molar-refractivity contribution in [1.82, 2.24) is 24.6 Å². The molecule has 0 N–H and O–H groups in total. The summed E-state index contributed by atoms with van der Waals surface area (Å²) in [6.07, 6.45) is 9.18. The van der Waals surface area contributed by atoms with Crippen molar-refractivity contribution in [3.8, 4) is 11.5 Å². The first kappa shape index (κ1) is 40.4. The van der Waals surface area contributed by atoms with Gasteiger partial charge < -0.3 is 18.9 Å². The van der Waals surface area contributed by atoms with E-state index in [4.69, 9.17) is 23.1 Å². The lowest BCUT2D eigenvalue weighted by Crippen LogP contribution is -2.59. The monoisotopic (exact) mass is 787 g/mol. The number of ether oxygens (including phenoxy) is 4. The van der Waals surface area contributed by atoms with Gasteiger partial charge in [0.1, 0.15) is 24.2 Å². The molecule has 2 aliphatic carbocycles. The van der Waals surface area contributed by atoms with Crippen LogP contribution in [-0.4, -0.2) is 116 Å². The highest BCUT2D eigenvalue weighted by Gasteiger charge is 2.42. The van der Waals surface area contributed by atoms with Crippen molar-refractivity contribution in [3.05, 3.63) is 101 Å². The molecule has 0 bridgehead atoms. The Balaban J connectivity index is 0.000000175. The Bertz CT molecular complexity index is 1990. The van der Waals surface area contributed by atoms with E-state index in [9.17, 15) is 8.42 Å². The van der Waals surface area contributed by atoms with Crippen molar-refractivity contribution in [2.45, 2.75) is 107 Å². The molecule has 12 nitrogen and oxygen atoms in total. The lowest BCUT2D eigenvalue weighted by atomic mass is 9.83. The van der Waals surface area contributed by atoms with Gasteiger partial charge in [-0.25, -0.2) is 4.98 Å². The van der Waals surface area contributed by atoms with Gasteiger partial charge in [-0.2, -0.15) is 13.5 Å². The number of morpholine rings is 2. The standard InChI is InChI=1S/C24H31NO5S.C19H26N4O2/c1-4-12-25-15-19(16-29-31(26,27)20-10-8-17(2)9-11-20)30-24-14-21-18(13-22(24)25)6-5-7-23(21)28-3;1-3-7-22-10-15(11-23-13-20-12-21-23)25-19-9-16-14(8-17(19)22)5-4-6-18(16)24-2/h5-11,19,22,24H,4,12-16H2,1-3H3;4-6,12-13,15,17,19H,3,7-11H2,1-2H3/t19-,22-,24-;15-,17-,19-/m11/s1.